The van der Waals surface area contributed by atoms with Gasteiger partial charge in [0.05, 0.1) is 6.54 Å². The van der Waals surface area contributed by atoms with E-state index in [0.717, 1.165) is 22.8 Å². The zero-order chi connectivity index (χ0) is 19.6. The van der Waals surface area contributed by atoms with Gasteiger partial charge in [0.15, 0.2) is 11.6 Å². The van der Waals surface area contributed by atoms with E-state index in [9.17, 15) is 14.0 Å². The molecule has 0 aliphatic carbocycles. The van der Waals surface area contributed by atoms with Crippen LogP contribution in [0, 0.1) is 19.7 Å². The van der Waals surface area contributed by atoms with Gasteiger partial charge in [-0.2, -0.15) is 0 Å². The predicted molar refractivity (Wildman–Crippen MR) is 104 cm³/mol. The number of aryl methyl sites for hydroxylation is 1. The smallest absolute Gasteiger partial charge is 0.183 e. The molecule has 0 aliphatic heterocycles. The molecule has 2 aromatic carbocycles. The lowest BCUT2D eigenvalue weighted by molar-refractivity contribution is 0.1000. The summed E-state index contributed by atoms with van der Waals surface area (Å²) in [6.07, 6.45) is 0. The molecule has 0 fully saturated rings. The molecule has 5 heteroatoms. The van der Waals surface area contributed by atoms with Crippen molar-refractivity contribution >= 4 is 17.3 Å². The van der Waals surface area contributed by atoms with Crippen molar-refractivity contribution in [3.8, 4) is 5.69 Å². The Morgan fingerprint density at radius 1 is 1.00 bits per heavy atom. The molecule has 0 radical (unpaired) electrons. The summed E-state index contributed by atoms with van der Waals surface area (Å²) in [5, 5.41) is 3.09. The van der Waals surface area contributed by atoms with Crippen molar-refractivity contribution in [1.82, 2.24) is 4.57 Å². The largest absolute Gasteiger partial charge is 0.378 e. The minimum Gasteiger partial charge on any atom is -0.378 e. The van der Waals surface area contributed by atoms with Crippen LogP contribution in [0.4, 0.5) is 10.1 Å². The second kappa shape index (κ2) is 7.58. The summed E-state index contributed by atoms with van der Waals surface area (Å²) >= 11 is 0. The molecule has 0 atom stereocenters. The summed E-state index contributed by atoms with van der Waals surface area (Å²) in [4.78, 5) is 24.0. The van der Waals surface area contributed by atoms with E-state index in [0.29, 0.717) is 11.1 Å². The lowest BCUT2D eigenvalue weighted by Gasteiger charge is -2.10. The average Bonchev–Trinajstić information content (AvgIpc) is 2.95. The number of anilines is 1. The Hall–Kier alpha value is -3.21. The van der Waals surface area contributed by atoms with Crippen LogP contribution in [-0.2, 0) is 0 Å². The molecule has 1 heterocycles. The summed E-state index contributed by atoms with van der Waals surface area (Å²) in [7, 11) is 0. The first-order valence-corrected chi connectivity index (χ1v) is 8.70. The number of aromatic nitrogens is 1. The highest BCUT2D eigenvalue weighted by Crippen LogP contribution is 2.22. The fourth-order valence-electron chi connectivity index (χ4n) is 3.13. The van der Waals surface area contributed by atoms with Crippen LogP contribution in [0.25, 0.3) is 5.69 Å². The molecule has 0 aliphatic rings. The normalized spacial score (nSPS) is 10.7. The standard InChI is InChI=1S/C22H21FN2O2/c1-14-12-21(15(2)25(14)20-10-6-18(23)7-11-20)22(27)13-24-19-8-4-17(5-9-19)16(3)26/h4-12,24H,13H2,1-3H3. The Morgan fingerprint density at radius 2 is 1.63 bits per heavy atom. The van der Waals surface area contributed by atoms with Crippen LogP contribution >= 0.6 is 0 Å². The zero-order valence-electron chi connectivity index (χ0n) is 15.5. The number of ketones is 2. The van der Waals surface area contributed by atoms with Gasteiger partial charge in [0.25, 0.3) is 0 Å². The fourth-order valence-corrected chi connectivity index (χ4v) is 3.13. The maximum atomic E-state index is 13.2. The van der Waals surface area contributed by atoms with Crippen molar-refractivity contribution in [2.45, 2.75) is 20.8 Å². The Bertz CT molecular complexity index is 986. The van der Waals surface area contributed by atoms with Crippen LogP contribution in [-0.4, -0.2) is 22.7 Å². The minimum absolute atomic E-state index is 0.00543. The third-order valence-corrected chi connectivity index (χ3v) is 4.56. The number of carbonyl (C=O) groups excluding carboxylic acids is 2. The third kappa shape index (κ3) is 3.97. The zero-order valence-corrected chi connectivity index (χ0v) is 15.5. The number of hydrogen-bond donors (Lipinski definition) is 1. The SMILES string of the molecule is CC(=O)c1ccc(NCC(=O)c2cc(C)n(-c3ccc(F)cc3)c2C)cc1. The van der Waals surface area contributed by atoms with Gasteiger partial charge in [-0.1, -0.05) is 0 Å². The topological polar surface area (TPSA) is 51.1 Å². The Kier molecular flexibility index (Phi) is 5.21. The van der Waals surface area contributed by atoms with Gasteiger partial charge in [-0.15, -0.1) is 0 Å². The molecule has 1 aromatic heterocycles. The first-order chi connectivity index (χ1) is 12.9. The number of rotatable bonds is 6. The van der Waals surface area contributed by atoms with Crippen LogP contribution in [0.1, 0.15) is 39.0 Å². The lowest BCUT2D eigenvalue weighted by atomic mass is 10.1. The quantitative estimate of drug-likeness (QED) is 0.643. The number of nitrogens with one attached hydrogen (secondary N) is 1. The predicted octanol–water partition coefficient (Wildman–Crippen LogP) is 4.73. The minimum atomic E-state index is -0.294. The van der Waals surface area contributed by atoms with Gasteiger partial charge in [-0.25, -0.2) is 4.39 Å². The van der Waals surface area contributed by atoms with E-state index in [2.05, 4.69) is 5.32 Å². The first-order valence-electron chi connectivity index (χ1n) is 8.70. The second-order valence-corrected chi connectivity index (χ2v) is 6.51. The van der Waals surface area contributed by atoms with E-state index in [1.807, 2.05) is 24.5 Å². The molecule has 3 rings (SSSR count). The first kappa shape index (κ1) is 18.6. The average molecular weight is 364 g/mol. The van der Waals surface area contributed by atoms with Crippen molar-refractivity contribution < 1.29 is 14.0 Å². The molecule has 0 saturated carbocycles. The van der Waals surface area contributed by atoms with Crippen LogP contribution in [0.15, 0.2) is 54.6 Å². The molecule has 3 aromatic rings. The van der Waals surface area contributed by atoms with Crippen molar-refractivity contribution in [3.63, 3.8) is 0 Å². The van der Waals surface area contributed by atoms with Gasteiger partial charge in [-0.05, 0) is 75.4 Å². The molecule has 0 spiro atoms. The molecule has 0 bridgehead atoms. The van der Waals surface area contributed by atoms with E-state index in [1.54, 1.807) is 36.4 Å². The Labute approximate surface area is 157 Å². The van der Waals surface area contributed by atoms with Gasteiger partial charge in [0.2, 0.25) is 0 Å². The highest BCUT2D eigenvalue weighted by molar-refractivity contribution is 6.00. The van der Waals surface area contributed by atoms with Crippen molar-refractivity contribution in [2.75, 3.05) is 11.9 Å². The van der Waals surface area contributed by atoms with Crippen LogP contribution in [0.5, 0.6) is 0 Å². The molecule has 27 heavy (non-hydrogen) atoms. The Morgan fingerprint density at radius 3 is 2.22 bits per heavy atom. The van der Waals surface area contributed by atoms with E-state index in [1.165, 1.54) is 19.1 Å². The molecule has 0 unspecified atom stereocenters. The van der Waals surface area contributed by atoms with Crippen molar-refractivity contribution in [2.24, 2.45) is 0 Å². The number of nitrogens with zero attached hydrogens (tertiary/aromatic N) is 1. The number of benzene rings is 2. The van der Waals surface area contributed by atoms with Crippen molar-refractivity contribution in [1.29, 1.82) is 0 Å². The number of halogens is 1. The van der Waals surface area contributed by atoms with Crippen molar-refractivity contribution in [3.05, 3.63) is 82.9 Å². The lowest BCUT2D eigenvalue weighted by Crippen LogP contribution is -2.15. The third-order valence-electron chi connectivity index (χ3n) is 4.56. The molecule has 138 valence electrons. The maximum absolute atomic E-state index is 13.2. The summed E-state index contributed by atoms with van der Waals surface area (Å²) in [5.74, 6) is -0.324. The van der Waals surface area contributed by atoms with Crippen LogP contribution in [0.2, 0.25) is 0 Å². The van der Waals surface area contributed by atoms with Gasteiger partial charge in [0.1, 0.15) is 5.82 Å². The maximum Gasteiger partial charge on any atom is 0.183 e. The van der Waals surface area contributed by atoms with Gasteiger partial charge < -0.3 is 9.88 Å². The van der Waals surface area contributed by atoms with E-state index >= 15 is 0 Å². The molecule has 0 saturated heterocycles. The summed E-state index contributed by atoms with van der Waals surface area (Å²) in [5.41, 5.74) is 4.59. The monoisotopic (exact) mass is 364 g/mol. The summed E-state index contributed by atoms with van der Waals surface area (Å²) in [6.45, 7) is 5.46. The summed E-state index contributed by atoms with van der Waals surface area (Å²) in [6, 6.07) is 15.1. The molecule has 1 N–H and O–H groups in total. The Balaban J connectivity index is 1.76. The van der Waals surface area contributed by atoms with Crippen LogP contribution in [0.3, 0.4) is 0 Å². The molecule has 0 amide bonds. The molecular formula is C22H21FN2O2. The molecular weight excluding hydrogens is 343 g/mol. The van der Waals surface area contributed by atoms with Gasteiger partial charge >= 0.3 is 0 Å². The van der Waals surface area contributed by atoms with Gasteiger partial charge in [-0.3, -0.25) is 9.59 Å². The number of hydrogen-bond acceptors (Lipinski definition) is 3. The highest BCUT2D eigenvalue weighted by Gasteiger charge is 2.16. The van der Waals surface area contributed by atoms with E-state index in [4.69, 9.17) is 0 Å². The van der Waals surface area contributed by atoms with Crippen LogP contribution < -0.4 is 5.32 Å². The summed E-state index contributed by atoms with van der Waals surface area (Å²) < 4.78 is 15.1. The number of Topliss-reactive ketones (excluding diaryl/α,β-unsaturated/α-hetero) is 2. The number of carbonyl (C=O) groups is 2. The molecule has 4 nitrogen and oxygen atoms in total. The van der Waals surface area contributed by atoms with Gasteiger partial charge in [0, 0.05) is 33.9 Å². The van der Waals surface area contributed by atoms with E-state index < -0.39 is 0 Å². The second-order valence-electron chi connectivity index (χ2n) is 6.51. The highest BCUT2D eigenvalue weighted by atomic mass is 19.1. The fraction of sp³-hybridized carbons (Fsp3) is 0.182. The van der Waals surface area contributed by atoms with E-state index in [-0.39, 0.29) is 23.9 Å².